The van der Waals surface area contributed by atoms with E-state index in [-0.39, 0.29) is 0 Å². The van der Waals surface area contributed by atoms with E-state index in [1.54, 1.807) is 0 Å². The second-order valence-corrected chi connectivity index (χ2v) is 8.27. The van der Waals surface area contributed by atoms with Crippen LogP contribution in [0.15, 0.2) is 0 Å². The van der Waals surface area contributed by atoms with Gasteiger partial charge in [-0.25, -0.2) is 0 Å². The number of nitrogens with one attached hydrogen (secondary N) is 8. The summed E-state index contributed by atoms with van der Waals surface area (Å²) in [4.78, 5) is 105. The van der Waals surface area contributed by atoms with Crippen LogP contribution in [0.3, 0.4) is 0 Å². The summed E-state index contributed by atoms with van der Waals surface area (Å²) in [6.07, 6.45) is 0. The molecule has 0 radical (unpaired) electrons. The van der Waals surface area contributed by atoms with Gasteiger partial charge in [-0.05, 0) is 6.92 Å². The predicted octanol–water partition coefficient (Wildman–Crippen LogP) is -8.93. The minimum absolute atomic E-state index is 0.560. The Morgan fingerprint density at radius 2 is 0.857 bits per heavy atom. The Bertz CT molecular complexity index is 1020. The number of carbonyl (C=O) groups excluding carboxylic acids is 8. The third-order valence-electron chi connectivity index (χ3n) is 4.68. The van der Waals surface area contributed by atoms with Crippen LogP contribution in [0, 0.1) is 0 Å². The van der Waals surface area contributed by atoms with E-state index >= 15 is 0 Å². The van der Waals surface area contributed by atoms with Crippen LogP contribution in [-0.2, 0) is 43.2 Å². The zero-order valence-electron chi connectivity index (χ0n) is 22.5. The standard InChI is InChI=1S/C21H35N9O12/c1-10(22)19(40)30-12(9-32)21(42)28-5-16(36)23-2-13(33)25-6-17(37)29-11(8-31)20(41)27-4-15(35)24-3-14(34)26-7-18(38)39/h10-12,31-32H,2-9,22H2,1H3,(H,23,36)(H,24,35)(H,25,33)(H,26,34)(H,27,41)(H,28,42)(H,29,37)(H,30,40)(H,38,39)/t10-,11-,12-/m0/s1. The maximum atomic E-state index is 12.1. The van der Waals surface area contributed by atoms with Crippen molar-refractivity contribution in [2.24, 2.45) is 5.73 Å². The van der Waals surface area contributed by atoms with Crippen LogP contribution in [-0.4, -0.2) is 139 Å². The zero-order chi connectivity index (χ0) is 32.2. The summed E-state index contributed by atoms with van der Waals surface area (Å²) >= 11 is 0. The van der Waals surface area contributed by atoms with Crippen molar-refractivity contribution in [3.05, 3.63) is 0 Å². The topological polar surface area (TPSA) is 337 Å². The molecule has 0 spiro atoms. The van der Waals surface area contributed by atoms with Crippen LogP contribution in [0.25, 0.3) is 0 Å². The van der Waals surface area contributed by atoms with Crippen molar-refractivity contribution in [2.45, 2.75) is 25.0 Å². The lowest BCUT2D eigenvalue weighted by Crippen LogP contribution is -2.54. The maximum Gasteiger partial charge on any atom is 0.322 e. The Morgan fingerprint density at radius 1 is 0.524 bits per heavy atom. The van der Waals surface area contributed by atoms with Gasteiger partial charge < -0.3 is 63.6 Å². The highest BCUT2D eigenvalue weighted by molar-refractivity contribution is 5.94. The van der Waals surface area contributed by atoms with Crippen LogP contribution < -0.4 is 48.3 Å². The van der Waals surface area contributed by atoms with Crippen molar-refractivity contribution in [3.8, 4) is 0 Å². The summed E-state index contributed by atoms with van der Waals surface area (Å²) in [5.74, 6) is -8.04. The smallest absolute Gasteiger partial charge is 0.322 e. The molecule has 0 saturated heterocycles. The second-order valence-electron chi connectivity index (χ2n) is 8.27. The summed E-state index contributed by atoms with van der Waals surface area (Å²) < 4.78 is 0. The molecule has 0 aromatic heterocycles. The number of rotatable bonds is 19. The molecular formula is C21H35N9O12. The van der Waals surface area contributed by atoms with Gasteiger partial charge in [0.05, 0.1) is 52.0 Å². The molecule has 0 aliphatic rings. The van der Waals surface area contributed by atoms with Crippen LogP contribution in [0.1, 0.15) is 6.92 Å². The normalized spacial score (nSPS) is 12.3. The van der Waals surface area contributed by atoms with Crippen molar-refractivity contribution in [1.29, 1.82) is 0 Å². The van der Waals surface area contributed by atoms with Crippen LogP contribution >= 0.6 is 0 Å². The number of aliphatic hydroxyl groups excluding tert-OH is 2. The van der Waals surface area contributed by atoms with Gasteiger partial charge in [0.15, 0.2) is 0 Å². The van der Waals surface area contributed by atoms with Gasteiger partial charge in [-0.3, -0.25) is 43.2 Å². The monoisotopic (exact) mass is 605 g/mol. The fraction of sp³-hybridized carbons (Fsp3) is 0.571. The molecule has 13 N–H and O–H groups in total. The molecular weight excluding hydrogens is 570 g/mol. The number of hydrogen-bond donors (Lipinski definition) is 12. The molecule has 3 atom stereocenters. The minimum atomic E-state index is -1.51. The molecule has 0 rings (SSSR count). The highest BCUT2D eigenvalue weighted by atomic mass is 16.4. The largest absolute Gasteiger partial charge is 0.480 e. The summed E-state index contributed by atoms with van der Waals surface area (Å²) in [7, 11) is 0. The average molecular weight is 606 g/mol. The summed E-state index contributed by atoms with van der Waals surface area (Å²) in [6, 6.07) is -3.81. The summed E-state index contributed by atoms with van der Waals surface area (Å²) in [5, 5.41) is 43.9. The van der Waals surface area contributed by atoms with Crippen LogP contribution in [0.5, 0.6) is 0 Å². The van der Waals surface area contributed by atoms with Crippen molar-refractivity contribution >= 4 is 53.2 Å². The van der Waals surface area contributed by atoms with Crippen molar-refractivity contribution < 1.29 is 58.5 Å². The zero-order valence-corrected chi connectivity index (χ0v) is 22.5. The summed E-state index contributed by atoms with van der Waals surface area (Å²) in [6.45, 7) is -4.02. The lowest BCUT2D eigenvalue weighted by atomic mass is 10.2. The molecule has 21 nitrogen and oxygen atoms in total. The molecule has 236 valence electrons. The SMILES string of the molecule is C[C@H](N)C(=O)N[C@@H](CO)C(=O)NCC(=O)NCC(=O)NCC(=O)N[C@@H](CO)C(=O)NCC(=O)NCC(=O)NCC(=O)O. The Labute approximate surface area is 238 Å². The molecule has 0 fully saturated rings. The van der Waals surface area contributed by atoms with E-state index in [4.69, 9.17) is 10.8 Å². The first-order valence-corrected chi connectivity index (χ1v) is 12.1. The van der Waals surface area contributed by atoms with E-state index in [1.165, 1.54) is 6.92 Å². The van der Waals surface area contributed by atoms with E-state index in [2.05, 4.69) is 37.2 Å². The fourth-order valence-electron chi connectivity index (χ4n) is 2.48. The number of aliphatic hydroxyl groups is 2. The lowest BCUT2D eigenvalue weighted by Gasteiger charge is -2.17. The Balaban J connectivity index is 4.35. The second kappa shape index (κ2) is 20.1. The molecule has 0 aliphatic heterocycles. The fourth-order valence-corrected chi connectivity index (χ4v) is 2.48. The molecule has 0 saturated carbocycles. The predicted molar refractivity (Wildman–Crippen MR) is 137 cm³/mol. The quantitative estimate of drug-likeness (QED) is 0.0651. The van der Waals surface area contributed by atoms with Crippen LogP contribution in [0.2, 0.25) is 0 Å². The highest BCUT2D eigenvalue weighted by Gasteiger charge is 2.23. The number of amides is 8. The molecule has 0 heterocycles. The van der Waals surface area contributed by atoms with Gasteiger partial charge in [0, 0.05) is 0 Å². The molecule has 0 aromatic rings. The molecule has 0 aromatic carbocycles. The third-order valence-corrected chi connectivity index (χ3v) is 4.68. The molecule has 0 bridgehead atoms. The van der Waals surface area contributed by atoms with Gasteiger partial charge >= 0.3 is 5.97 Å². The van der Waals surface area contributed by atoms with E-state index in [9.17, 15) is 53.4 Å². The Morgan fingerprint density at radius 3 is 1.21 bits per heavy atom. The van der Waals surface area contributed by atoms with Gasteiger partial charge in [0.1, 0.15) is 18.6 Å². The van der Waals surface area contributed by atoms with Crippen molar-refractivity contribution in [2.75, 3.05) is 52.5 Å². The number of carbonyl (C=O) groups is 9. The van der Waals surface area contributed by atoms with Gasteiger partial charge in [-0.15, -0.1) is 0 Å². The Kier molecular flexibility index (Phi) is 17.7. The van der Waals surface area contributed by atoms with Crippen molar-refractivity contribution in [3.63, 3.8) is 0 Å². The number of hydrogen-bond acceptors (Lipinski definition) is 12. The van der Waals surface area contributed by atoms with Gasteiger partial charge in [-0.1, -0.05) is 0 Å². The summed E-state index contributed by atoms with van der Waals surface area (Å²) in [5.41, 5.74) is 5.35. The van der Waals surface area contributed by atoms with Crippen molar-refractivity contribution in [1.82, 2.24) is 42.5 Å². The third kappa shape index (κ3) is 16.9. The molecule has 8 amide bonds. The number of carboxylic acids is 1. The molecule has 0 unspecified atom stereocenters. The number of aliphatic carboxylic acids is 1. The minimum Gasteiger partial charge on any atom is -0.480 e. The number of carboxylic acid groups (broad SMARTS) is 1. The van der Waals surface area contributed by atoms with E-state index in [0.717, 1.165) is 0 Å². The lowest BCUT2D eigenvalue weighted by molar-refractivity contribution is -0.138. The Hall–Kier alpha value is -4.89. The van der Waals surface area contributed by atoms with E-state index in [1.807, 2.05) is 5.32 Å². The highest BCUT2D eigenvalue weighted by Crippen LogP contribution is 1.86. The average Bonchev–Trinajstić information content (AvgIpc) is 2.95. The first-order chi connectivity index (χ1) is 19.7. The van der Waals surface area contributed by atoms with E-state index in [0.29, 0.717) is 0 Å². The number of nitrogens with two attached hydrogens (primary N) is 1. The van der Waals surface area contributed by atoms with Gasteiger partial charge in [-0.2, -0.15) is 0 Å². The maximum absolute atomic E-state index is 12.1. The van der Waals surface area contributed by atoms with Crippen LogP contribution in [0.4, 0.5) is 0 Å². The molecule has 0 aliphatic carbocycles. The first kappa shape index (κ1) is 37.1. The molecule has 42 heavy (non-hydrogen) atoms. The van der Waals surface area contributed by atoms with Gasteiger partial charge in [0.25, 0.3) is 0 Å². The van der Waals surface area contributed by atoms with Gasteiger partial charge in [0.2, 0.25) is 47.3 Å². The first-order valence-electron chi connectivity index (χ1n) is 12.1. The van der Waals surface area contributed by atoms with E-state index < -0.39 is 124 Å². The molecule has 21 heteroatoms.